The summed E-state index contributed by atoms with van der Waals surface area (Å²) in [5.41, 5.74) is 4.12. The highest BCUT2D eigenvalue weighted by Crippen LogP contribution is 2.25. The van der Waals surface area contributed by atoms with E-state index in [1.807, 2.05) is 55.5 Å². The number of benzene rings is 3. The first kappa shape index (κ1) is 27.1. The fourth-order valence-electron chi connectivity index (χ4n) is 3.78. The molecule has 3 rings (SSSR count). The molecule has 0 aliphatic rings. The van der Waals surface area contributed by atoms with E-state index in [1.54, 1.807) is 28.8 Å². The Kier molecular flexibility index (Phi) is 10.5. The SMILES string of the molecule is CCNC(=O)[C@H](Cc1ccccc1)N(Cc1ccc(Cl)cc1Cl)C(=O)CSCc1ccccc1C. The summed E-state index contributed by atoms with van der Waals surface area (Å²) in [6.07, 6.45) is 0.409. The maximum atomic E-state index is 13.6. The van der Waals surface area contributed by atoms with Gasteiger partial charge in [0, 0.05) is 35.3 Å². The average Bonchev–Trinajstić information content (AvgIpc) is 2.84. The van der Waals surface area contributed by atoms with Crippen LogP contribution in [0.15, 0.2) is 72.8 Å². The molecule has 0 saturated carbocycles. The van der Waals surface area contributed by atoms with Gasteiger partial charge in [0.25, 0.3) is 0 Å². The first-order valence-electron chi connectivity index (χ1n) is 11.6. The van der Waals surface area contributed by atoms with E-state index in [1.165, 1.54) is 11.1 Å². The summed E-state index contributed by atoms with van der Waals surface area (Å²) < 4.78 is 0. The minimum Gasteiger partial charge on any atom is -0.355 e. The molecule has 0 spiro atoms. The summed E-state index contributed by atoms with van der Waals surface area (Å²) in [7, 11) is 0. The Morgan fingerprint density at radius 3 is 2.37 bits per heavy atom. The Balaban J connectivity index is 1.86. The molecular formula is C28H30Cl2N2O2S. The molecule has 0 unspecified atom stereocenters. The lowest BCUT2D eigenvalue weighted by Gasteiger charge is -2.31. The van der Waals surface area contributed by atoms with Crippen LogP contribution in [0.25, 0.3) is 0 Å². The maximum absolute atomic E-state index is 13.6. The number of aryl methyl sites for hydroxylation is 1. The first-order valence-corrected chi connectivity index (χ1v) is 13.5. The first-order chi connectivity index (χ1) is 16.9. The zero-order valence-electron chi connectivity index (χ0n) is 20.0. The second kappa shape index (κ2) is 13.6. The normalized spacial score (nSPS) is 11.7. The number of hydrogen-bond acceptors (Lipinski definition) is 3. The smallest absolute Gasteiger partial charge is 0.243 e. The quantitative estimate of drug-likeness (QED) is 0.317. The number of nitrogens with zero attached hydrogens (tertiary/aromatic N) is 1. The third kappa shape index (κ3) is 8.03. The molecule has 0 fully saturated rings. The van der Waals surface area contributed by atoms with Gasteiger partial charge in [-0.2, -0.15) is 0 Å². The summed E-state index contributed by atoms with van der Waals surface area (Å²) in [6, 6.07) is 22.4. The van der Waals surface area contributed by atoms with E-state index in [0.717, 1.165) is 16.9 Å². The number of rotatable bonds is 11. The van der Waals surface area contributed by atoms with E-state index in [0.29, 0.717) is 23.0 Å². The van der Waals surface area contributed by atoms with Crippen molar-refractivity contribution in [3.05, 3.63) is 105 Å². The van der Waals surface area contributed by atoms with E-state index >= 15 is 0 Å². The Morgan fingerprint density at radius 1 is 0.971 bits per heavy atom. The molecule has 0 radical (unpaired) electrons. The molecular weight excluding hydrogens is 499 g/mol. The third-order valence-corrected chi connectivity index (χ3v) is 7.28. The van der Waals surface area contributed by atoms with Crippen molar-refractivity contribution in [2.75, 3.05) is 12.3 Å². The number of nitrogens with one attached hydrogen (secondary N) is 1. The third-order valence-electron chi connectivity index (χ3n) is 5.72. The Bertz CT molecular complexity index is 1140. The Morgan fingerprint density at radius 2 is 1.69 bits per heavy atom. The predicted molar refractivity (Wildman–Crippen MR) is 147 cm³/mol. The molecule has 1 atom stereocenters. The van der Waals surface area contributed by atoms with Crippen molar-refractivity contribution in [1.29, 1.82) is 0 Å². The topological polar surface area (TPSA) is 49.4 Å². The minimum atomic E-state index is -0.671. The highest BCUT2D eigenvalue weighted by Gasteiger charge is 2.30. The molecule has 0 aromatic heterocycles. The molecule has 3 aromatic carbocycles. The second-order valence-corrected chi connectivity index (χ2v) is 10.1. The Hall–Kier alpha value is -2.47. The molecule has 4 nitrogen and oxygen atoms in total. The average molecular weight is 530 g/mol. The molecule has 184 valence electrons. The van der Waals surface area contributed by atoms with Crippen LogP contribution in [0.4, 0.5) is 0 Å². The number of carbonyl (C=O) groups is 2. The Labute approximate surface area is 222 Å². The number of likely N-dealkylation sites (N-methyl/N-ethyl adjacent to an activating group) is 1. The number of thioether (sulfide) groups is 1. The number of halogens is 2. The zero-order valence-corrected chi connectivity index (χ0v) is 22.3. The summed E-state index contributed by atoms with van der Waals surface area (Å²) in [5, 5.41) is 3.90. The largest absolute Gasteiger partial charge is 0.355 e. The number of carbonyl (C=O) groups excluding carboxylic acids is 2. The molecule has 0 bridgehead atoms. The van der Waals surface area contributed by atoms with Crippen LogP contribution in [-0.4, -0.2) is 35.1 Å². The van der Waals surface area contributed by atoms with E-state index in [4.69, 9.17) is 23.2 Å². The second-order valence-electron chi connectivity index (χ2n) is 8.28. The molecule has 0 aliphatic carbocycles. The van der Waals surface area contributed by atoms with Crippen LogP contribution in [0.2, 0.25) is 10.0 Å². The predicted octanol–water partition coefficient (Wildman–Crippen LogP) is 6.31. The van der Waals surface area contributed by atoms with Gasteiger partial charge in [0.05, 0.1) is 5.75 Å². The number of hydrogen-bond donors (Lipinski definition) is 1. The molecule has 7 heteroatoms. The molecule has 3 aromatic rings. The lowest BCUT2D eigenvalue weighted by Crippen LogP contribution is -2.51. The van der Waals surface area contributed by atoms with E-state index in [-0.39, 0.29) is 24.1 Å². The van der Waals surface area contributed by atoms with Crippen molar-refractivity contribution >= 4 is 46.8 Å². The lowest BCUT2D eigenvalue weighted by molar-refractivity contribution is -0.139. The summed E-state index contributed by atoms with van der Waals surface area (Å²) in [5.74, 6) is 0.684. The number of amides is 2. The van der Waals surface area contributed by atoms with Crippen LogP contribution >= 0.6 is 35.0 Å². The fourth-order valence-corrected chi connectivity index (χ4v) is 5.24. The van der Waals surface area contributed by atoms with Crippen LogP contribution in [0.1, 0.15) is 29.2 Å². The van der Waals surface area contributed by atoms with E-state index < -0.39 is 6.04 Å². The van der Waals surface area contributed by atoms with Crippen molar-refractivity contribution < 1.29 is 9.59 Å². The van der Waals surface area contributed by atoms with Crippen LogP contribution < -0.4 is 5.32 Å². The molecule has 0 aliphatic heterocycles. The van der Waals surface area contributed by atoms with Gasteiger partial charge in [-0.15, -0.1) is 11.8 Å². The van der Waals surface area contributed by atoms with Crippen molar-refractivity contribution in [1.82, 2.24) is 10.2 Å². The molecule has 0 heterocycles. The van der Waals surface area contributed by atoms with Gasteiger partial charge in [0.1, 0.15) is 6.04 Å². The van der Waals surface area contributed by atoms with Crippen LogP contribution in [0, 0.1) is 6.92 Å². The van der Waals surface area contributed by atoms with Crippen molar-refractivity contribution in [2.45, 2.75) is 38.6 Å². The maximum Gasteiger partial charge on any atom is 0.243 e. The van der Waals surface area contributed by atoms with E-state index in [9.17, 15) is 9.59 Å². The van der Waals surface area contributed by atoms with Gasteiger partial charge in [-0.1, -0.05) is 83.9 Å². The van der Waals surface area contributed by atoms with Crippen LogP contribution in [-0.2, 0) is 28.3 Å². The van der Waals surface area contributed by atoms with Gasteiger partial charge in [-0.25, -0.2) is 0 Å². The summed E-state index contributed by atoms with van der Waals surface area (Å²) >= 11 is 14.1. The van der Waals surface area contributed by atoms with Gasteiger partial charge in [0.15, 0.2) is 0 Å². The molecule has 0 saturated heterocycles. The van der Waals surface area contributed by atoms with Crippen molar-refractivity contribution in [2.24, 2.45) is 0 Å². The van der Waals surface area contributed by atoms with Crippen molar-refractivity contribution in [3.8, 4) is 0 Å². The van der Waals surface area contributed by atoms with Crippen LogP contribution in [0.3, 0.4) is 0 Å². The van der Waals surface area contributed by atoms with Gasteiger partial charge >= 0.3 is 0 Å². The fraction of sp³-hybridized carbons (Fsp3) is 0.286. The monoisotopic (exact) mass is 528 g/mol. The van der Waals surface area contributed by atoms with Gasteiger partial charge in [0.2, 0.25) is 11.8 Å². The minimum absolute atomic E-state index is 0.109. The van der Waals surface area contributed by atoms with Gasteiger partial charge < -0.3 is 10.2 Å². The zero-order chi connectivity index (χ0) is 25.2. The van der Waals surface area contributed by atoms with Crippen LogP contribution in [0.5, 0.6) is 0 Å². The van der Waals surface area contributed by atoms with Gasteiger partial charge in [-0.05, 0) is 48.2 Å². The standard InChI is InChI=1S/C28H30Cl2N2O2S/c1-3-31-28(34)26(15-21-10-5-4-6-11-21)32(17-22-13-14-24(29)16-25(22)30)27(33)19-35-18-23-12-8-7-9-20(23)2/h4-14,16,26H,3,15,17-19H2,1-2H3,(H,31,34)/t26-/m0/s1. The summed E-state index contributed by atoms with van der Waals surface area (Å²) in [4.78, 5) is 28.4. The van der Waals surface area contributed by atoms with Crippen molar-refractivity contribution in [3.63, 3.8) is 0 Å². The highest BCUT2D eigenvalue weighted by atomic mass is 35.5. The lowest BCUT2D eigenvalue weighted by atomic mass is 10.0. The van der Waals surface area contributed by atoms with E-state index in [2.05, 4.69) is 24.4 Å². The molecule has 2 amide bonds. The molecule has 1 N–H and O–H groups in total. The summed E-state index contributed by atoms with van der Waals surface area (Å²) in [6.45, 7) is 4.64. The molecule has 35 heavy (non-hydrogen) atoms. The van der Waals surface area contributed by atoms with Gasteiger partial charge in [-0.3, -0.25) is 9.59 Å². The highest BCUT2D eigenvalue weighted by molar-refractivity contribution is 7.99.